The number of benzene rings is 6. The summed E-state index contributed by atoms with van der Waals surface area (Å²) < 4.78 is 6.92. The fourth-order valence-corrected chi connectivity index (χ4v) is 7.25. The molecule has 46 heavy (non-hydrogen) atoms. The van der Waals surface area contributed by atoms with E-state index in [1.54, 1.807) is 0 Å². The SMILES string of the molecule is CC1(C)c2ccccc2-c2ccc3c(oc4c(-c5cccc(-c6cc(-c7ccccc7)nc(-c7ccccc7)n6)c5)cccc43)c21. The van der Waals surface area contributed by atoms with Gasteiger partial charge in [0.2, 0.25) is 0 Å². The molecule has 0 bridgehead atoms. The summed E-state index contributed by atoms with van der Waals surface area (Å²) in [4.78, 5) is 10.0. The Kier molecular flexibility index (Phi) is 5.85. The monoisotopic (exact) mass is 590 g/mol. The van der Waals surface area contributed by atoms with Gasteiger partial charge in [-0.15, -0.1) is 0 Å². The van der Waals surface area contributed by atoms with Crippen LogP contribution in [0.15, 0.2) is 150 Å². The minimum atomic E-state index is -0.153. The van der Waals surface area contributed by atoms with E-state index in [1.807, 2.05) is 36.4 Å². The Morgan fingerprint density at radius 2 is 1.07 bits per heavy atom. The third kappa shape index (κ3) is 4.05. The summed E-state index contributed by atoms with van der Waals surface area (Å²) in [6, 6.07) is 50.9. The number of furan rings is 1. The first kappa shape index (κ1) is 26.6. The number of aromatic nitrogens is 2. The number of hydrogen-bond donors (Lipinski definition) is 0. The maximum atomic E-state index is 6.92. The van der Waals surface area contributed by atoms with Gasteiger partial charge in [-0.05, 0) is 40.5 Å². The Hall–Kier alpha value is -5.80. The average molecular weight is 591 g/mol. The van der Waals surface area contributed by atoms with Gasteiger partial charge in [-0.1, -0.05) is 141 Å². The van der Waals surface area contributed by atoms with E-state index in [9.17, 15) is 0 Å². The van der Waals surface area contributed by atoms with Gasteiger partial charge >= 0.3 is 0 Å². The maximum absolute atomic E-state index is 6.92. The zero-order chi connectivity index (χ0) is 30.8. The Balaban J connectivity index is 1.21. The molecule has 8 aromatic rings. The molecule has 0 radical (unpaired) electrons. The van der Waals surface area contributed by atoms with Crippen LogP contribution in [0.3, 0.4) is 0 Å². The first-order valence-corrected chi connectivity index (χ1v) is 15.8. The zero-order valence-electron chi connectivity index (χ0n) is 25.7. The molecule has 2 aromatic heterocycles. The van der Waals surface area contributed by atoms with Gasteiger partial charge in [-0.2, -0.15) is 0 Å². The van der Waals surface area contributed by atoms with Crippen LogP contribution in [0.1, 0.15) is 25.0 Å². The molecule has 0 atom stereocenters. The second-order valence-corrected chi connectivity index (χ2v) is 12.6. The van der Waals surface area contributed by atoms with Gasteiger partial charge in [0.05, 0.1) is 11.4 Å². The van der Waals surface area contributed by atoms with Crippen molar-refractivity contribution in [2.24, 2.45) is 0 Å². The Labute approximate surface area is 267 Å². The van der Waals surface area contributed by atoms with Crippen molar-refractivity contribution in [3.63, 3.8) is 0 Å². The van der Waals surface area contributed by atoms with Crippen LogP contribution in [0.5, 0.6) is 0 Å². The molecule has 0 N–H and O–H groups in total. The Morgan fingerprint density at radius 1 is 0.457 bits per heavy atom. The van der Waals surface area contributed by atoms with Gasteiger partial charge in [0.1, 0.15) is 11.2 Å². The lowest BCUT2D eigenvalue weighted by Crippen LogP contribution is -2.15. The standard InChI is InChI=1S/C43H30N2O/c1-43(2)36-22-10-9-19-32(36)33-23-24-35-34-21-12-20-31(40(34)46-41(35)39(33)43)29-17-11-18-30(25-29)38-26-37(27-13-5-3-6-14-27)44-42(45-38)28-15-7-4-8-16-28/h3-26H,1-2H3. The number of hydrogen-bond acceptors (Lipinski definition) is 3. The molecule has 3 heteroatoms. The first-order chi connectivity index (χ1) is 22.6. The smallest absolute Gasteiger partial charge is 0.160 e. The van der Waals surface area contributed by atoms with Crippen LogP contribution in [0.2, 0.25) is 0 Å². The number of para-hydroxylation sites is 1. The van der Waals surface area contributed by atoms with Crippen molar-refractivity contribution in [2.45, 2.75) is 19.3 Å². The Bertz CT molecular complexity index is 2380. The highest BCUT2D eigenvalue weighted by atomic mass is 16.3. The van der Waals surface area contributed by atoms with Crippen molar-refractivity contribution in [3.05, 3.63) is 157 Å². The maximum Gasteiger partial charge on any atom is 0.160 e. The van der Waals surface area contributed by atoms with Crippen molar-refractivity contribution in [3.8, 4) is 56.2 Å². The largest absolute Gasteiger partial charge is 0.455 e. The summed E-state index contributed by atoms with van der Waals surface area (Å²) in [7, 11) is 0. The predicted molar refractivity (Wildman–Crippen MR) is 189 cm³/mol. The lowest BCUT2D eigenvalue weighted by molar-refractivity contribution is 0.620. The molecular weight excluding hydrogens is 560 g/mol. The number of nitrogens with zero attached hydrogens (tertiary/aromatic N) is 2. The van der Waals surface area contributed by atoms with Gasteiger partial charge in [-0.25, -0.2) is 9.97 Å². The highest BCUT2D eigenvalue weighted by molar-refractivity contribution is 6.12. The molecule has 0 saturated carbocycles. The fourth-order valence-electron chi connectivity index (χ4n) is 7.25. The first-order valence-electron chi connectivity index (χ1n) is 15.8. The van der Waals surface area contributed by atoms with E-state index in [0.717, 1.165) is 61.1 Å². The summed E-state index contributed by atoms with van der Waals surface area (Å²) in [5.41, 5.74) is 13.9. The molecule has 9 rings (SSSR count). The molecule has 0 unspecified atom stereocenters. The van der Waals surface area contributed by atoms with E-state index in [4.69, 9.17) is 14.4 Å². The van der Waals surface area contributed by atoms with Crippen molar-refractivity contribution in [1.29, 1.82) is 0 Å². The zero-order valence-corrected chi connectivity index (χ0v) is 25.7. The van der Waals surface area contributed by atoms with Gasteiger partial charge in [0.25, 0.3) is 0 Å². The molecule has 0 spiro atoms. The van der Waals surface area contributed by atoms with Crippen molar-refractivity contribution in [1.82, 2.24) is 9.97 Å². The quantitative estimate of drug-likeness (QED) is 0.205. The molecule has 0 aliphatic heterocycles. The highest BCUT2D eigenvalue weighted by Crippen LogP contribution is 2.53. The van der Waals surface area contributed by atoms with Gasteiger partial charge in [0, 0.05) is 44.0 Å². The van der Waals surface area contributed by atoms with E-state index in [0.29, 0.717) is 5.82 Å². The van der Waals surface area contributed by atoms with Crippen molar-refractivity contribution in [2.75, 3.05) is 0 Å². The topological polar surface area (TPSA) is 38.9 Å². The van der Waals surface area contributed by atoms with Crippen molar-refractivity contribution < 1.29 is 4.42 Å². The minimum Gasteiger partial charge on any atom is -0.455 e. The van der Waals surface area contributed by atoms with Crippen LogP contribution < -0.4 is 0 Å². The number of fused-ring (bicyclic) bond motifs is 7. The third-order valence-corrected chi connectivity index (χ3v) is 9.48. The summed E-state index contributed by atoms with van der Waals surface area (Å²) in [5.74, 6) is 0.708. The molecule has 6 aromatic carbocycles. The van der Waals surface area contributed by atoms with Crippen LogP contribution in [-0.4, -0.2) is 9.97 Å². The summed E-state index contributed by atoms with van der Waals surface area (Å²) >= 11 is 0. The van der Waals surface area contributed by atoms with Gasteiger partial charge in [-0.3, -0.25) is 0 Å². The summed E-state index contributed by atoms with van der Waals surface area (Å²) in [6.45, 7) is 4.62. The second kappa shape index (κ2) is 10.1. The molecule has 0 saturated heterocycles. The van der Waals surface area contributed by atoms with Crippen molar-refractivity contribution >= 4 is 21.9 Å². The highest BCUT2D eigenvalue weighted by Gasteiger charge is 2.38. The molecule has 3 nitrogen and oxygen atoms in total. The summed E-state index contributed by atoms with van der Waals surface area (Å²) in [6.07, 6.45) is 0. The van der Waals surface area contributed by atoms with E-state index < -0.39 is 0 Å². The Morgan fingerprint density at radius 3 is 1.87 bits per heavy atom. The van der Waals surface area contributed by atoms with Crippen LogP contribution >= 0.6 is 0 Å². The fraction of sp³-hybridized carbons (Fsp3) is 0.0698. The van der Waals surface area contributed by atoms with Crippen LogP contribution in [0, 0.1) is 0 Å². The van der Waals surface area contributed by atoms with E-state index in [2.05, 4.69) is 123 Å². The number of rotatable bonds is 4. The molecule has 2 heterocycles. The molecule has 1 aliphatic carbocycles. The van der Waals surface area contributed by atoms with Crippen LogP contribution in [0.4, 0.5) is 0 Å². The molecule has 0 fully saturated rings. The molecule has 1 aliphatic rings. The average Bonchev–Trinajstić information content (AvgIpc) is 3.61. The lowest BCUT2D eigenvalue weighted by Gasteiger charge is -2.21. The van der Waals surface area contributed by atoms with E-state index in [1.165, 1.54) is 22.3 Å². The molecule has 0 amide bonds. The molecule has 218 valence electrons. The summed E-state index contributed by atoms with van der Waals surface area (Å²) in [5, 5.41) is 2.29. The third-order valence-electron chi connectivity index (χ3n) is 9.48. The molecular formula is C43H30N2O. The van der Waals surface area contributed by atoms with E-state index >= 15 is 0 Å². The van der Waals surface area contributed by atoms with Gasteiger partial charge < -0.3 is 4.42 Å². The van der Waals surface area contributed by atoms with Crippen LogP contribution in [-0.2, 0) is 5.41 Å². The lowest BCUT2D eigenvalue weighted by atomic mass is 9.82. The second-order valence-electron chi connectivity index (χ2n) is 12.6. The van der Waals surface area contributed by atoms with Gasteiger partial charge in [0.15, 0.2) is 5.82 Å². The minimum absolute atomic E-state index is 0.153. The van der Waals surface area contributed by atoms with Crippen LogP contribution in [0.25, 0.3) is 78.1 Å². The van der Waals surface area contributed by atoms with E-state index in [-0.39, 0.29) is 5.41 Å². The normalized spacial score (nSPS) is 13.2. The predicted octanol–water partition coefficient (Wildman–Crippen LogP) is 11.4.